The molecule has 2 aliphatic rings. The Kier molecular flexibility index (Phi) is 7.51. The number of aryl methyl sites for hydroxylation is 1. The lowest BCUT2D eigenvalue weighted by molar-refractivity contribution is 0.0558. The van der Waals surface area contributed by atoms with E-state index in [-0.39, 0.29) is 23.8 Å². The molecule has 2 aliphatic heterocycles. The van der Waals surface area contributed by atoms with Gasteiger partial charge in [0.15, 0.2) is 5.78 Å². The molecule has 3 aromatic rings. The number of aliphatic hydroxyl groups is 1. The zero-order valence-corrected chi connectivity index (χ0v) is 23.7. The Morgan fingerprint density at radius 2 is 1.92 bits per heavy atom. The van der Waals surface area contributed by atoms with Gasteiger partial charge >= 0.3 is 0 Å². The number of Topliss-reactive ketones (excluding diaryl/α,β-unsaturated/α-hetero) is 1. The number of thiophene rings is 1. The van der Waals surface area contributed by atoms with Gasteiger partial charge in [-0.15, -0.1) is 11.3 Å². The Bertz CT molecular complexity index is 1350. The SMILES string of the molecule is COc1cc2c(cc1C(=O)CCCCO)-c1c(-c3cccs3)c3c(n1CC2)C(=O)N(C(C)(C)C)CCCC3. The first-order chi connectivity index (χ1) is 18.3. The van der Waals surface area contributed by atoms with Crippen LogP contribution in [0.3, 0.4) is 0 Å². The molecule has 1 aromatic carbocycles. The third kappa shape index (κ3) is 4.71. The molecule has 0 saturated heterocycles. The Hall–Kier alpha value is -2.90. The molecule has 5 rings (SSSR count). The van der Waals surface area contributed by atoms with Gasteiger partial charge in [0.05, 0.1) is 18.4 Å². The number of methoxy groups -OCH3 is 1. The number of carbonyl (C=O) groups excluding carboxylic acids is 2. The predicted octanol–water partition coefficient (Wildman–Crippen LogP) is 6.37. The standard InChI is InChI=1S/C31H38N2O4S/c1-31(2,3)33-14-7-5-10-21-27(26-12-9-17-38-26)28-22-19-23(24(35)11-6-8-16-34)25(37-4)18-20(22)13-15-32(28)29(21)30(33)36/h9,12,17-19,34H,5-8,10-11,13-16H2,1-4H3. The minimum absolute atomic E-state index is 0.0211. The Morgan fingerprint density at radius 3 is 2.61 bits per heavy atom. The number of unbranched alkanes of at least 4 members (excludes halogenated alkanes) is 1. The van der Waals surface area contributed by atoms with Gasteiger partial charge in [0.25, 0.3) is 5.91 Å². The van der Waals surface area contributed by atoms with Crippen molar-refractivity contribution in [1.82, 2.24) is 9.47 Å². The van der Waals surface area contributed by atoms with Crippen LogP contribution in [-0.4, -0.2) is 52.1 Å². The first kappa shape index (κ1) is 26.7. The van der Waals surface area contributed by atoms with Crippen LogP contribution in [0.4, 0.5) is 0 Å². The van der Waals surface area contributed by atoms with E-state index in [1.807, 2.05) is 17.0 Å². The quantitative estimate of drug-likeness (QED) is 0.282. The van der Waals surface area contributed by atoms with Crippen LogP contribution in [0.2, 0.25) is 0 Å². The van der Waals surface area contributed by atoms with Gasteiger partial charge in [-0.3, -0.25) is 9.59 Å². The average Bonchev–Trinajstić information content (AvgIpc) is 3.51. The van der Waals surface area contributed by atoms with Crippen molar-refractivity contribution in [3.8, 4) is 27.4 Å². The molecule has 0 bridgehead atoms. The maximum Gasteiger partial charge on any atom is 0.271 e. The number of fused-ring (bicyclic) bond motifs is 5. The van der Waals surface area contributed by atoms with Crippen LogP contribution in [-0.2, 0) is 19.4 Å². The molecule has 202 valence electrons. The van der Waals surface area contributed by atoms with Gasteiger partial charge in [-0.25, -0.2) is 0 Å². The fourth-order valence-electron chi connectivity index (χ4n) is 5.99. The second kappa shape index (κ2) is 10.7. The van der Waals surface area contributed by atoms with Gasteiger partial charge in [0.1, 0.15) is 11.4 Å². The molecule has 38 heavy (non-hydrogen) atoms. The number of benzene rings is 1. The number of ketones is 1. The minimum atomic E-state index is -0.270. The van der Waals surface area contributed by atoms with Crippen molar-refractivity contribution in [2.75, 3.05) is 20.3 Å². The second-order valence-electron chi connectivity index (χ2n) is 11.3. The van der Waals surface area contributed by atoms with Gasteiger partial charge in [-0.05, 0) is 94.0 Å². The Balaban J connectivity index is 1.74. The van der Waals surface area contributed by atoms with E-state index in [0.717, 1.165) is 70.7 Å². The fraction of sp³-hybridized carbons (Fsp3) is 0.484. The van der Waals surface area contributed by atoms with E-state index in [0.29, 0.717) is 37.1 Å². The number of aromatic nitrogens is 1. The number of carbonyl (C=O) groups is 2. The molecule has 4 heterocycles. The normalized spacial score (nSPS) is 15.4. The Morgan fingerprint density at radius 1 is 1.11 bits per heavy atom. The van der Waals surface area contributed by atoms with Crippen LogP contribution in [0.15, 0.2) is 29.6 Å². The maximum absolute atomic E-state index is 14.2. The third-order valence-corrected chi connectivity index (χ3v) is 8.73. The van der Waals surface area contributed by atoms with Crippen molar-refractivity contribution < 1.29 is 19.4 Å². The molecule has 0 unspecified atom stereocenters. The highest BCUT2D eigenvalue weighted by Gasteiger charge is 2.37. The molecule has 7 heteroatoms. The predicted molar refractivity (Wildman–Crippen MR) is 152 cm³/mol. The number of nitrogens with zero attached hydrogens (tertiary/aromatic N) is 2. The molecule has 0 atom stereocenters. The van der Waals surface area contributed by atoms with E-state index >= 15 is 0 Å². The fourth-order valence-corrected chi connectivity index (χ4v) is 6.79. The van der Waals surface area contributed by atoms with Crippen molar-refractivity contribution >= 4 is 23.0 Å². The molecular weight excluding hydrogens is 496 g/mol. The van der Waals surface area contributed by atoms with Crippen LogP contribution in [0.25, 0.3) is 21.7 Å². The third-order valence-electron chi connectivity index (χ3n) is 7.85. The summed E-state index contributed by atoms with van der Waals surface area (Å²) in [6, 6.07) is 8.22. The van der Waals surface area contributed by atoms with E-state index in [1.165, 1.54) is 0 Å². The van der Waals surface area contributed by atoms with Crippen molar-refractivity contribution in [2.24, 2.45) is 0 Å². The topological polar surface area (TPSA) is 71.8 Å². The zero-order valence-electron chi connectivity index (χ0n) is 22.9. The molecule has 0 aliphatic carbocycles. The maximum atomic E-state index is 14.2. The molecule has 0 saturated carbocycles. The smallest absolute Gasteiger partial charge is 0.271 e. The van der Waals surface area contributed by atoms with Crippen LogP contribution < -0.4 is 4.74 Å². The highest BCUT2D eigenvalue weighted by atomic mass is 32.1. The number of amides is 1. The zero-order chi connectivity index (χ0) is 27.0. The summed E-state index contributed by atoms with van der Waals surface area (Å²) in [5, 5.41) is 11.3. The van der Waals surface area contributed by atoms with E-state index in [4.69, 9.17) is 4.74 Å². The highest BCUT2D eigenvalue weighted by Crippen LogP contribution is 2.47. The molecule has 0 spiro atoms. The van der Waals surface area contributed by atoms with Gasteiger partial charge in [0, 0.05) is 47.7 Å². The summed E-state index contributed by atoms with van der Waals surface area (Å²) in [5.74, 6) is 0.727. The van der Waals surface area contributed by atoms with Crippen LogP contribution >= 0.6 is 11.3 Å². The highest BCUT2D eigenvalue weighted by molar-refractivity contribution is 7.13. The summed E-state index contributed by atoms with van der Waals surface area (Å²) < 4.78 is 7.92. The summed E-state index contributed by atoms with van der Waals surface area (Å²) >= 11 is 1.70. The van der Waals surface area contributed by atoms with Crippen LogP contribution in [0.1, 0.15) is 84.8 Å². The van der Waals surface area contributed by atoms with Crippen molar-refractivity contribution in [3.05, 3.63) is 52.0 Å². The van der Waals surface area contributed by atoms with Crippen LogP contribution in [0, 0.1) is 0 Å². The molecular formula is C31H38N2O4S. The number of hydrogen-bond donors (Lipinski definition) is 1. The van der Waals surface area contributed by atoms with Gasteiger partial charge < -0.3 is 19.3 Å². The molecule has 1 N–H and O–H groups in total. The number of aliphatic hydroxyl groups excluding tert-OH is 1. The summed E-state index contributed by atoms with van der Waals surface area (Å²) in [5.41, 5.74) is 6.62. The lowest BCUT2D eigenvalue weighted by Gasteiger charge is -2.37. The monoisotopic (exact) mass is 534 g/mol. The van der Waals surface area contributed by atoms with E-state index in [2.05, 4.69) is 42.9 Å². The second-order valence-corrected chi connectivity index (χ2v) is 12.3. The van der Waals surface area contributed by atoms with Crippen molar-refractivity contribution in [3.63, 3.8) is 0 Å². The molecule has 2 aromatic heterocycles. The summed E-state index contributed by atoms with van der Waals surface area (Å²) in [4.78, 5) is 30.7. The first-order valence-corrected chi connectivity index (χ1v) is 14.6. The van der Waals surface area contributed by atoms with Crippen molar-refractivity contribution in [1.29, 1.82) is 0 Å². The van der Waals surface area contributed by atoms with Gasteiger partial charge in [-0.2, -0.15) is 0 Å². The average molecular weight is 535 g/mol. The lowest BCUT2D eigenvalue weighted by Crippen LogP contribution is -2.47. The molecule has 0 fully saturated rings. The summed E-state index contributed by atoms with van der Waals surface area (Å²) in [7, 11) is 1.61. The largest absolute Gasteiger partial charge is 0.496 e. The summed E-state index contributed by atoms with van der Waals surface area (Å²) in [6.07, 6.45) is 5.24. The van der Waals surface area contributed by atoms with E-state index in [1.54, 1.807) is 18.4 Å². The molecule has 1 amide bonds. The van der Waals surface area contributed by atoms with Gasteiger partial charge in [-0.1, -0.05) is 6.07 Å². The number of hydrogen-bond acceptors (Lipinski definition) is 5. The lowest BCUT2D eigenvalue weighted by atomic mass is 9.90. The minimum Gasteiger partial charge on any atom is -0.496 e. The molecule has 0 radical (unpaired) electrons. The van der Waals surface area contributed by atoms with E-state index < -0.39 is 0 Å². The molecule has 6 nitrogen and oxygen atoms in total. The number of ether oxygens (including phenoxy) is 1. The van der Waals surface area contributed by atoms with Crippen LogP contribution in [0.5, 0.6) is 5.75 Å². The first-order valence-electron chi connectivity index (χ1n) is 13.7. The van der Waals surface area contributed by atoms with Gasteiger partial charge in [0.2, 0.25) is 0 Å². The van der Waals surface area contributed by atoms with Crippen molar-refractivity contribution in [2.45, 2.75) is 77.8 Å². The Labute approximate surface area is 229 Å². The summed E-state index contributed by atoms with van der Waals surface area (Å²) in [6.45, 7) is 7.90. The number of rotatable bonds is 7. The van der Waals surface area contributed by atoms with E-state index in [9.17, 15) is 14.7 Å².